The third-order valence-electron chi connectivity index (χ3n) is 7.18. The molecule has 6 rings (SSSR count). The van der Waals surface area contributed by atoms with E-state index in [1.807, 2.05) is 24.6 Å². The Kier molecular flexibility index (Phi) is 5.88. The van der Waals surface area contributed by atoms with E-state index in [0.717, 1.165) is 58.0 Å². The van der Waals surface area contributed by atoms with Gasteiger partial charge in [-0.3, -0.25) is 14.7 Å². The Bertz CT molecular complexity index is 1410. The third kappa shape index (κ3) is 4.15. The molecule has 2 aromatic carbocycles. The van der Waals surface area contributed by atoms with Crippen molar-refractivity contribution < 1.29 is 4.79 Å². The van der Waals surface area contributed by atoms with Crippen LogP contribution in [0, 0.1) is 6.92 Å². The summed E-state index contributed by atoms with van der Waals surface area (Å²) in [7, 11) is 0. The minimum absolute atomic E-state index is 0.0819. The van der Waals surface area contributed by atoms with Crippen molar-refractivity contribution in [3.8, 4) is 0 Å². The number of carbonyl (C=O) groups excluding carboxylic acids is 1. The van der Waals surface area contributed by atoms with E-state index in [0.29, 0.717) is 5.92 Å². The molecule has 0 spiro atoms. The van der Waals surface area contributed by atoms with Crippen LogP contribution in [0.15, 0.2) is 78.6 Å². The van der Waals surface area contributed by atoms with Gasteiger partial charge in [-0.2, -0.15) is 0 Å². The van der Waals surface area contributed by atoms with Crippen molar-refractivity contribution >= 4 is 28.3 Å². The van der Waals surface area contributed by atoms with E-state index in [1.54, 1.807) is 23.7 Å². The van der Waals surface area contributed by atoms with Gasteiger partial charge in [0.2, 0.25) is 0 Å². The lowest BCUT2D eigenvalue weighted by Gasteiger charge is -2.33. The molecule has 4 nitrogen and oxygen atoms in total. The van der Waals surface area contributed by atoms with Crippen LogP contribution in [-0.4, -0.2) is 33.7 Å². The topological polar surface area (TPSA) is 46.1 Å². The second-order valence-corrected chi connectivity index (χ2v) is 10.3. The number of Topliss-reactive ketones (excluding diaryl/α,β-unsaturated/α-hetero) is 1. The van der Waals surface area contributed by atoms with Crippen molar-refractivity contribution in [1.82, 2.24) is 14.9 Å². The first-order valence-electron chi connectivity index (χ1n) is 12.2. The highest BCUT2D eigenvalue weighted by Crippen LogP contribution is 2.44. The Morgan fingerprint density at radius 3 is 2.69 bits per heavy atom. The third-order valence-corrected chi connectivity index (χ3v) is 8.13. The van der Waals surface area contributed by atoms with Crippen LogP contribution < -0.4 is 0 Å². The fraction of sp³-hybridized carbons (Fsp3) is 0.233. The molecule has 1 unspecified atom stereocenters. The highest BCUT2D eigenvalue weighted by Gasteiger charge is 2.33. The van der Waals surface area contributed by atoms with Gasteiger partial charge in [-0.25, -0.2) is 4.98 Å². The maximum Gasteiger partial charge on any atom is 0.194 e. The summed E-state index contributed by atoms with van der Waals surface area (Å²) in [4.78, 5) is 26.1. The van der Waals surface area contributed by atoms with Crippen LogP contribution in [0.1, 0.15) is 61.9 Å². The van der Waals surface area contributed by atoms with Crippen molar-refractivity contribution in [2.45, 2.75) is 32.2 Å². The maximum atomic E-state index is 13.8. The smallest absolute Gasteiger partial charge is 0.194 e. The van der Waals surface area contributed by atoms with E-state index in [4.69, 9.17) is 0 Å². The van der Waals surface area contributed by atoms with Crippen molar-refractivity contribution in [3.05, 3.63) is 117 Å². The maximum absolute atomic E-state index is 13.8. The monoisotopic (exact) mass is 477 g/mol. The Labute approximate surface area is 210 Å². The minimum atomic E-state index is 0.0819. The molecule has 0 radical (unpaired) electrons. The Balaban J connectivity index is 1.32. The molecular formula is C30H27N3OS. The molecule has 0 saturated carbocycles. The molecule has 0 bridgehead atoms. The molecular weight excluding hydrogens is 450 g/mol. The van der Waals surface area contributed by atoms with E-state index in [9.17, 15) is 4.79 Å². The molecule has 4 aromatic rings. The van der Waals surface area contributed by atoms with Crippen LogP contribution in [0.2, 0.25) is 0 Å². The molecule has 2 aliphatic rings. The molecule has 1 fully saturated rings. The standard InChI is InChI=1S/C30H27N3OS/c1-20-30(35-19-32-20)28-25-12-11-21(15-26(25)29(34)27(28)23-9-5-13-31-16-23)17-33-14-6-10-24(18-33)22-7-3-2-4-8-22/h2-5,7-9,11-13,15-16,19,24H,6,10,14,17-18H2,1H3. The van der Waals surface area contributed by atoms with Crippen LogP contribution in [0.3, 0.4) is 0 Å². The summed E-state index contributed by atoms with van der Waals surface area (Å²) in [6.07, 6.45) is 5.96. The second-order valence-electron chi connectivity index (χ2n) is 9.45. The normalized spacial score (nSPS) is 18.2. The molecule has 1 saturated heterocycles. The van der Waals surface area contributed by atoms with E-state index < -0.39 is 0 Å². The van der Waals surface area contributed by atoms with Gasteiger partial charge in [-0.1, -0.05) is 48.5 Å². The number of nitrogens with zero attached hydrogens (tertiary/aromatic N) is 3. The summed E-state index contributed by atoms with van der Waals surface area (Å²) in [6.45, 7) is 5.02. The Hall–Kier alpha value is -3.41. The van der Waals surface area contributed by atoms with Crippen molar-refractivity contribution in [3.63, 3.8) is 0 Å². The number of carbonyl (C=O) groups is 1. The van der Waals surface area contributed by atoms with Crippen LogP contribution >= 0.6 is 11.3 Å². The number of thiazole rings is 1. The van der Waals surface area contributed by atoms with Crippen LogP contribution in [0.25, 0.3) is 11.1 Å². The molecule has 1 atom stereocenters. The Morgan fingerprint density at radius 2 is 1.91 bits per heavy atom. The highest BCUT2D eigenvalue weighted by atomic mass is 32.1. The Morgan fingerprint density at radius 1 is 1.03 bits per heavy atom. The van der Waals surface area contributed by atoms with Gasteiger partial charge >= 0.3 is 0 Å². The number of fused-ring (bicyclic) bond motifs is 1. The highest BCUT2D eigenvalue weighted by molar-refractivity contribution is 7.11. The van der Waals surface area contributed by atoms with Gasteiger partial charge in [0.15, 0.2) is 5.78 Å². The number of hydrogen-bond donors (Lipinski definition) is 0. The fourth-order valence-electron chi connectivity index (χ4n) is 5.50. The van der Waals surface area contributed by atoms with Crippen LogP contribution in [0.5, 0.6) is 0 Å². The number of likely N-dealkylation sites (tertiary alicyclic amines) is 1. The summed E-state index contributed by atoms with van der Waals surface area (Å²) in [5.74, 6) is 0.652. The van der Waals surface area contributed by atoms with Crippen LogP contribution in [-0.2, 0) is 6.54 Å². The molecule has 0 N–H and O–H groups in total. The first kappa shape index (κ1) is 22.1. The predicted octanol–water partition coefficient (Wildman–Crippen LogP) is 6.38. The average molecular weight is 478 g/mol. The zero-order chi connectivity index (χ0) is 23.8. The summed E-state index contributed by atoms with van der Waals surface area (Å²) in [5.41, 5.74) is 9.82. The number of ketones is 1. The quantitative estimate of drug-likeness (QED) is 0.335. The zero-order valence-electron chi connectivity index (χ0n) is 19.8. The van der Waals surface area contributed by atoms with E-state index in [2.05, 4.69) is 63.4 Å². The molecule has 2 aromatic heterocycles. The summed E-state index contributed by atoms with van der Waals surface area (Å²) < 4.78 is 0. The SMILES string of the molecule is Cc1ncsc1C1=C(c2cccnc2)C(=O)c2cc(CN3CCCC(c4ccccc4)C3)ccc21. The van der Waals surface area contributed by atoms with Gasteiger partial charge in [0.25, 0.3) is 0 Å². The lowest BCUT2D eigenvalue weighted by molar-refractivity contribution is 0.105. The second kappa shape index (κ2) is 9.33. The summed E-state index contributed by atoms with van der Waals surface area (Å²) in [6, 6.07) is 21.2. The van der Waals surface area contributed by atoms with Crippen molar-refractivity contribution in [2.24, 2.45) is 0 Å². The number of aromatic nitrogens is 2. The molecule has 1 aliphatic heterocycles. The lowest BCUT2D eigenvalue weighted by Crippen LogP contribution is -2.33. The number of pyridine rings is 1. The summed E-state index contributed by atoms with van der Waals surface area (Å²) in [5, 5.41) is 0. The van der Waals surface area contributed by atoms with Gasteiger partial charge in [-0.15, -0.1) is 11.3 Å². The van der Waals surface area contributed by atoms with Gasteiger partial charge in [-0.05, 0) is 61.1 Å². The molecule has 5 heteroatoms. The van der Waals surface area contributed by atoms with Gasteiger partial charge < -0.3 is 0 Å². The minimum Gasteiger partial charge on any atom is -0.298 e. The zero-order valence-corrected chi connectivity index (χ0v) is 20.6. The number of allylic oxidation sites excluding steroid dienone is 1. The molecule has 174 valence electrons. The molecule has 0 amide bonds. The first-order chi connectivity index (χ1) is 17.2. The van der Waals surface area contributed by atoms with Gasteiger partial charge in [0.1, 0.15) is 0 Å². The van der Waals surface area contributed by atoms with Crippen molar-refractivity contribution in [2.75, 3.05) is 13.1 Å². The molecule has 1 aliphatic carbocycles. The van der Waals surface area contributed by atoms with Gasteiger partial charge in [0.05, 0.1) is 16.1 Å². The number of piperidine rings is 1. The largest absolute Gasteiger partial charge is 0.298 e. The van der Waals surface area contributed by atoms with E-state index >= 15 is 0 Å². The molecule has 3 heterocycles. The van der Waals surface area contributed by atoms with Crippen molar-refractivity contribution in [1.29, 1.82) is 0 Å². The summed E-state index contributed by atoms with van der Waals surface area (Å²) >= 11 is 1.59. The lowest BCUT2D eigenvalue weighted by atomic mass is 9.90. The predicted molar refractivity (Wildman–Crippen MR) is 141 cm³/mol. The fourth-order valence-corrected chi connectivity index (χ4v) is 6.37. The number of rotatable bonds is 5. The number of hydrogen-bond acceptors (Lipinski definition) is 5. The first-order valence-corrected chi connectivity index (χ1v) is 13.1. The van der Waals surface area contributed by atoms with E-state index in [1.165, 1.54) is 24.0 Å². The number of benzene rings is 2. The van der Waals surface area contributed by atoms with E-state index in [-0.39, 0.29) is 5.78 Å². The molecule has 35 heavy (non-hydrogen) atoms. The van der Waals surface area contributed by atoms with Gasteiger partial charge in [0, 0.05) is 47.8 Å². The van der Waals surface area contributed by atoms with Crippen LogP contribution in [0.4, 0.5) is 0 Å². The number of aryl methyl sites for hydroxylation is 1. The average Bonchev–Trinajstić information content (AvgIpc) is 3.45.